The Balaban J connectivity index is 2.04. The van der Waals surface area contributed by atoms with Gasteiger partial charge in [-0.1, -0.05) is 35.9 Å². The molecule has 2 heterocycles. The van der Waals surface area contributed by atoms with Crippen LogP contribution < -0.4 is 16.2 Å². The van der Waals surface area contributed by atoms with E-state index in [-0.39, 0.29) is 0 Å². The van der Waals surface area contributed by atoms with E-state index in [4.69, 9.17) is 27.8 Å². The molecule has 26 heavy (non-hydrogen) atoms. The Labute approximate surface area is 155 Å². The summed E-state index contributed by atoms with van der Waals surface area (Å²) in [7, 11) is 1.62. The summed E-state index contributed by atoms with van der Waals surface area (Å²) in [5, 5.41) is 5.74. The molecule has 0 aliphatic carbocycles. The standard InChI is InChI=1S/C19H16ClN5O/c1-26-12-6-4-5-11(9-12)13-10-23-19(22)17-16(13)18(21)24-25(17)15-8-3-2-7-14(15)20/h2-10H,1H3,(H2,21,24)(H2,22,23). The molecule has 0 aliphatic rings. The first-order valence-corrected chi connectivity index (χ1v) is 8.30. The van der Waals surface area contributed by atoms with Crippen LogP contribution in [-0.4, -0.2) is 21.9 Å². The minimum absolute atomic E-state index is 0.329. The van der Waals surface area contributed by atoms with Crippen molar-refractivity contribution in [3.05, 3.63) is 59.8 Å². The SMILES string of the molecule is COc1cccc(-c2cnc(N)c3c2c(N)nn3-c2ccccc2Cl)c1. The summed E-state index contributed by atoms with van der Waals surface area (Å²) in [5.41, 5.74) is 15.5. The molecule has 0 atom stereocenters. The Morgan fingerprint density at radius 1 is 1.04 bits per heavy atom. The van der Waals surface area contributed by atoms with Crippen molar-refractivity contribution in [1.29, 1.82) is 0 Å². The number of benzene rings is 2. The van der Waals surface area contributed by atoms with E-state index in [1.807, 2.05) is 42.5 Å². The van der Waals surface area contributed by atoms with Crippen molar-refractivity contribution < 1.29 is 4.74 Å². The molecule has 2 aromatic carbocycles. The van der Waals surface area contributed by atoms with Gasteiger partial charge in [-0.05, 0) is 29.8 Å². The summed E-state index contributed by atoms with van der Waals surface area (Å²) in [6, 6.07) is 15.0. The lowest BCUT2D eigenvalue weighted by molar-refractivity contribution is 0.415. The Bertz CT molecular complexity index is 1120. The number of nitrogen functional groups attached to an aromatic ring is 2. The lowest BCUT2D eigenvalue weighted by Crippen LogP contribution is -2.01. The number of para-hydroxylation sites is 1. The highest BCUT2D eigenvalue weighted by Gasteiger charge is 2.19. The van der Waals surface area contributed by atoms with Crippen LogP contribution in [0.25, 0.3) is 27.7 Å². The summed E-state index contributed by atoms with van der Waals surface area (Å²) in [6.45, 7) is 0. The van der Waals surface area contributed by atoms with Crippen molar-refractivity contribution in [2.45, 2.75) is 0 Å². The Morgan fingerprint density at radius 2 is 1.85 bits per heavy atom. The molecule has 0 aliphatic heterocycles. The number of ether oxygens (including phenoxy) is 1. The fourth-order valence-corrected chi connectivity index (χ4v) is 3.22. The molecule has 0 unspecified atom stereocenters. The number of nitrogens with zero attached hydrogens (tertiary/aromatic N) is 3. The number of hydrogen-bond donors (Lipinski definition) is 2. The first-order valence-electron chi connectivity index (χ1n) is 7.92. The fraction of sp³-hybridized carbons (Fsp3) is 0.0526. The van der Waals surface area contributed by atoms with Crippen molar-refractivity contribution in [2.75, 3.05) is 18.6 Å². The van der Waals surface area contributed by atoms with E-state index in [1.54, 1.807) is 24.1 Å². The number of nitrogens with two attached hydrogens (primary N) is 2. The number of hydrogen-bond acceptors (Lipinski definition) is 5. The smallest absolute Gasteiger partial charge is 0.154 e. The van der Waals surface area contributed by atoms with Gasteiger partial charge in [0.15, 0.2) is 5.82 Å². The zero-order valence-corrected chi connectivity index (χ0v) is 14.7. The predicted octanol–water partition coefficient (Wildman–Crippen LogP) is 3.91. The Hall–Kier alpha value is -3.25. The fourth-order valence-electron chi connectivity index (χ4n) is 3.00. The molecular formula is C19H16ClN5O. The quantitative estimate of drug-likeness (QED) is 0.574. The van der Waals surface area contributed by atoms with Crippen LogP contribution in [0.3, 0.4) is 0 Å². The van der Waals surface area contributed by atoms with Gasteiger partial charge in [0.05, 0.1) is 23.2 Å². The molecule has 0 saturated carbocycles. The maximum absolute atomic E-state index is 6.34. The van der Waals surface area contributed by atoms with Crippen LogP contribution in [0.15, 0.2) is 54.7 Å². The van der Waals surface area contributed by atoms with Gasteiger partial charge in [0, 0.05) is 11.8 Å². The minimum Gasteiger partial charge on any atom is -0.497 e. The second-order valence-electron chi connectivity index (χ2n) is 5.76. The molecule has 0 saturated heterocycles. The third-order valence-corrected chi connectivity index (χ3v) is 4.54. The number of pyridine rings is 1. The van der Waals surface area contributed by atoms with Crippen molar-refractivity contribution in [3.63, 3.8) is 0 Å². The number of methoxy groups -OCH3 is 1. The molecule has 4 aromatic rings. The van der Waals surface area contributed by atoms with E-state index in [9.17, 15) is 0 Å². The van der Waals surface area contributed by atoms with Gasteiger partial charge in [0.25, 0.3) is 0 Å². The van der Waals surface area contributed by atoms with Crippen LogP contribution in [0.4, 0.5) is 11.6 Å². The highest BCUT2D eigenvalue weighted by atomic mass is 35.5. The van der Waals surface area contributed by atoms with Gasteiger partial charge in [0.1, 0.15) is 17.1 Å². The number of anilines is 2. The summed E-state index contributed by atoms with van der Waals surface area (Å²) < 4.78 is 6.96. The molecule has 130 valence electrons. The third kappa shape index (κ3) is 2.51. The van der Waals surface area contributed by atoms with Gasteiger partial charge >= 0.3 is 0 Å². The predicted molar refractivity (Wildman–Crippen MR) is 105 cm³/mol. The van der Waals surface area contributed by atoms with Crippen LogP contribution in [0.5, 0.6) is 5.75 Å². The number of halogens is 1. The van der Waals surface area contributed by atoms with Crippen molar-refractivity contribution in [2.24, 2.45) is 0 Å². The van der Waals surface area contributed by atoms with Crippen LogP contribution in [0.1, 0.15) is 0 Å². The molecule has 0 fully saturated rings. The maximum atomic E-state index is 6.34. The van der Waals surface area contributed by atoms with E-state index in [0.717, 1.165) is 22.3 Å². The molecule has 0 amide bonds. The van der Waals surface area contributed by atoms with Gasteiger partial charge in [-0.25, -0.2) is 9.67 Å². The van der Waals surface area contributed by atoms with Gasteiger partial charge in [-0.2, -0.15) is 0 Å². The summed E-state index contributed by atoms with van der Waals surface area (Å²) >= 11 is 6.34. The third-order valence-electron chi connectivity index (χ3n) is 4.22. The molecule has 4 rings (SSSR count). The largest absolute Gasteiger partial charge is 0.497 e. The van der Waals surface area contributed by atoms with Crippen LogP contribution in [0.2, 0.25) is 5.02 Å². The normalized spacial score (nSPS) is 11.0. The zero-order valence-electron chi connectivity index (χ0n) is 14.0. The lowest BCUT2D eigenvalue weighted by atomic mass is 10.0. The summed E-state index contributed by atoms with van der Waals surface area (Å²) in [6.07, 6.45) is 1.70. The molecule has 0 spiro atoms. The summed E-state index contributed by atoms with van der Waals surface area (Å²) in [5.74, 6) is 1.42. The molecular weight excluding hydrogens is 350 g/mol. The van der Waals surface area contributed by atoms with Crippen LogP contribution in [-0.2, 0) is 0 Å². The van der Waals surface area contributed by atoms with Gasteiger partial charge in [-0.3, -0.25) is 0 Å². The Kier molecular flexibility index (Phi) is 3.89. The first-order chi connectivity index (χ1) is 12.6. The first kappa shape index (κ1) is 16.2. The Morgan fingerprint density at radius 3 is 2.62 bits per heavy atom. The van der Waals surface area contributed by atoms with Crippen molar-refractivity contribution >= 4 is 34.1 Å². The van der Waals surface area contributed by atoms with E-state index in [0.29, 0.717) is 27.9 Å². The van der Waals surface area contributed by atoms with E-state index in [1.165, 1.54) is 0 Å². The molecule has 7 heteroatoms. The average Bonchev–Trinajstić information content (AvgIpc) is 3.01. The highest BCUT2D eigenvalue weighted by molar-refractivity contribution is 6.32. The molecule has 0 bridgehead atoms. The minimum atomic E-state index is 0.329. The number of fused-ring (bicyclic) bond motifs is 1. The molecule has 6 nitrogen and oxygen atoms in total. The monoisotopic (exact) mass is 365 g/mol. The van der Waals surface area contributed by atoms with Gasteiger partial charge in [0.2, 0.25) is 0 Å². The van der Waals surface area contributed by atoms with Crippen LogP contribution in [0, 0.1) is 0 Å². The molecule has 2 aromatic heterocycles. The van der Waals surface area contributed by atoms with Crippen LogP contribution >= 0.6 is 11.6 Å². The second kappa shape index (κ2) is 6.24. The summed E-state index contributed by atoms with van der Waals surface area (Å²) in [4.78, 5) is 4.35. The number of aromatic nitrogens is 3. The second-order valence-corrected chi connectivity index (χ2v) is 6.17. The van der Waals surface area contributed by atoms with Gasteiger partial charge < -0.3 is 16.2 Å². The van der Waals surface area contributed by atoms with E-state index < -0.39 is 0 Å². The average molecular weight is 366 g/mol. The lowest BCUT2D eigenvalue weighted by Gasteiger charge is -2.09. The zero-order chi connectivity index (χ0) is 18.3. The number of rotatable bonds is 3. The van der Waals surface area contributed by atoms with Crippen molar-refractivity contribution in [1.82, 2.24) is 14.8 Å². The van der Waals surface area contributed by atoms with Crippen molar-refractivity contribution in [3.8, 4) is 22.6 Å². The molecule has 0 radical (unpaired) electrons. The van der Waals surface area contributed by atoms with E-state index in [2.05, 4.69) is 10.1 Å². The van der Waals surface area contributed by atoms with Gasteiger partial charge in [-0.15, -0.1) is 5.10 Å². The topological polar surface area (TPSA) is 92.0 Å². The highest BCUT2D eigenvalue weighted by Crippen LogP contribution is 2.37. The van der Waals surface area contributed by atoms with E-state index >= 15 is 0 Å². The maximum Gasteiger partial charge on any atom is 0.154 e. The molecule has 4 N–H and O–H groups in total.